The minimum Gasteiger partial charge on any atom is -0.508 e. The van der Waals surface area contributed by atoms with Crippen LogP contribution in [-0.2, 0) is 30.7 Å². The second-order valence-corrected chi connectivity index (χ2v) is 16.6. The Bertz CT molecular complexity index is 2310. The lowest BCUT2D eigenvalue weighted by Gasteiger charge is -2.48. The average molecular weight is 802 g/mol. The van der Waals surface area contributed by atoms with Gasteiger partial charge in [-0.2, -0.15) is 0 Å². The second-order valence-electron chi connectivity index (χ2n) is 16.6. The molecule has 2 bridgehead atoms. The number of fused-ring (bicyclic) bond motifs is 1. The van der Waals surface area contributed by atoms with Crippen LogP contribution in [0.25, 0.3) is 0 Å². The first-order chi connectivity index (χ1) is 28.5. The van der Waals surface area contributed by atoms with Crippen molar-refractivity contribution in [1.29, 1.82) is 0 Å². The highest BCUT2D eigenvalue weighted by Crippen LogP contribution is 2.64. The fourth-order valence-corrected chi connectivity index (χ4v) is 10.6. The zero-order valence-electron chi connectivity index (χ0n) is 32.7. The summed E-state index contributed by atoms with van der Waals surface area (Å²) in [4.78, 5) is 14.5. The van der Waals surface area contributed by atoms with Crippen LogP contribution in [0.3, 0.4) is 0 Å². The molecule has 9 rings (SSSR count). The number of aryl methyl sites for hydroxylation is 1. The van der Waals surface area contributed by atoms with Gasteiger partial charge in [-0.15, -0.1) is 0 Å². The number of rotatable bonds is 13. The van der Waals surface area contributed by atoms with Gasteiger partial charge >= 0.3 is 0 Å². The number of hydrogen-bond donors (Lipinski definition) is 8. The fraction of sp³-hybridized carbons (Fsp3) is 0.354. The number of hydrogen-bond acceptors (Lipinski definition) is 11. The van der Waals surface area contributed by atoms with Crippen molar-refractivity contribution in [1.82, 2.24) is 0 Å². The number of aromatic hydroxyl groups is 6. The van der Waals surface area contributed by atoms with Gasteiger partial charge in [-0.05, 0) is 138 Å². The number of carbonyl (C=O) groups excluding carboxylic acids is 1. The summed E-state index contributed by atoms with van der Waals surface area (Å²) in [6, 6.07) is 27.9. The number of aliphatic hydroxyl groups is 1. The molecule has 5 aromatic rings. The van der Waals surface area contributed by atoms with Crippen molar-refractivity contribution < 1.29 is 50.0 Å². The van der Waals surface area contributed by atoms with Crippen molar-refractivity contribution in [2.24, 2.45) is 35.3 Å². The molecule has 0 aromatic heterocycles. The largest absolute Gasteiger partial charge is 0.508 e. The van der Waals surface area contributed by atoms with Crippen LogP contribution in [0.4, 0.5) is 0 Å². The Balaban J connectivity index is 1.21. The average Bonchev–Trinajstić information content (AvgIpc) is 3.46. The minimum atomic E-state index is -1.05. The predicted octanol–water partition coefficient (Wildman–Crippen LogP) is 7.30. The summed E-state index contributed by atoms with van der Waals surface area (Å²) in [5, 5.41) is 77.1. The van der Waals surface area contributed by atoms with Gasteiger partial charge < -0.3 is 45.2 Å². The summed E-state index contributed by atoms with van der Waals surface area (Å²) >= 11 is 0. The van der Waals surface area contributed by atoms with Gasteiger partial charge in [0.2, 0.25) is 5.75 Å². The lowest BCUT2D eigenvalue weighted by molar-refractivity contribution is -0.135. The molecular weight excluding hydrogens is 751 g/mol. The molecule has 11 nitrogen and oxygen atoms in total. The molecule has 0 saturated heterocycles. The summed E-state index contributed by atoms with van der Waals surface area (Å²) in [5.41, 5.74) is 10.3. The van der Waals surface area contributed by atoms with E-state index in [0.717, 1.165) is 22.3 Å². The molecule has 59 heavy (non-hydrogen) atoms. The van der Waals surface area contributed by atoms with Gasteiger partial charge in [-0.3, -0.25) is 10.5 Å². The number of carbonyl (C=O) groups is 1. The zero-order valence-corrected chi connectivity index (χ0v) is 32.7. The molecule has 308 valence electrons. The molecule has 0 aliphatic heterocycles. The van der Waals surface area contributed by atoms with Crippen LogP contribution >= 0.6 is 0 Å². The van der Waals surface area contributed by atoms with E-state index in [9.17, 15) is 40.5 Å². The van der Waals surface area contributed by atoms with Crippen molar-refractivity contribution in [2.45, 2.75) is 69.5 Å². The van der Waals surface area contributed by atoms with Crippen molar-refractivity contribution in [3.05, 3.63) is 130 Å². The number of nitrogens with two attached hydrogens (primary N) is 1. The van der Waals surface area contributed by atoms with Gasteiger partial charge in [-0.1, -0.05) is 54.6 Å². The van der Waals surface area contributed by atoms with Crippen molar-refractivity contribution in [2.75, 3.05) is 6.73 Å². The smallest absolute Gasteiger partial charge is 0.200 e. The quantitative estimate of drug-likeness (QED) is 0.0438. The van der Waals surface area contributed by atoms with E-state index in [0.29, 0.717) is 49.7 Å². The molecule has 5 aromatic carbocycles. The maximum Gasteiger partial charge on any atom is 0.200 e. The third-order valence-electron chi connectivity index (χ3n) is 13.1. The summed E-state index contributed by atoms with van der Waals surface area (Å²) in [5.74, 6) is -2.48. The van der Waals surface area contributed by atoms with E-state index in [4.69, 9.17) is 15.2 Å². The molecule has 0 heterocycles. The van der Waals surface area contributed by atoms with E-state index in [-0.39, 0.29) is 101 Å². The van der Waals surface area contributed by atoms with E-state index in [1.807, 2.05) is 18.2 Å². The van der Waals surface area contributed by atoms with Crippen LogP contribution in [0.1, 0.15) is 70.9 Å². The standard InChI is InChI=1S/C48H51NO10/c49-25-59-42-17-27(10-14-39(42)53)9-13-38(52)36-20-30(18-29-11-12-34(51)22-40(29)54)35-21-32-19-31(15-26-5-2-1-3-6-26)43(45(35)46(36)56)37-23-41(55)47(57)48(44(32)37)58-24-28-7-4-8-33(50)16-28/h1-8,10-12,14,16-17,22-23,30-32,35-36,43,45-46,50-51,53-57H,9,13,15,18-21,24-25,49H2/t30-,31-,32+,35+,36+,43-,45-,46+/m1/s1. The zero-order chi connectivity index (χ0) is 41.4. The van der Waals surface area contributed by atoms with Crippen LogP contribution in [-0.4, -0.2) is 54.4 Å². The van der Waals surface area contributed by atoms with Crippen LogP contribution in [0.15, 0.2) is 97.1 Å². The second kappa shape index (κ2) is 16.8. The number of phenols is 6. The lowest BCUT2D eigenvalue weighted by Crippen LogP contribution is -2.49. The molecule has 4 aliphatic rings. The first-order valence-corrected chi connectivity index (χ1v) is 20.4. The van der Waals surface area contributed by atoms with Crippen molar-refractivity contribution in [3.8, 4) is 46.0 Å². The first kappa shape index (κ1) is 39.9. The molecule has 8 atom stereocenters. The lowest BCUT2D eigenvalue weighted by atomic mass is 9.57. The molecule has 4 aliphatic carbocycles. The van der Waals surface area contributed by atoms with Crippen molar-refractivity contribution in [3.63, 3.8) is 0 Å². The highest BCUT2D eigenvalue weighted by atomic mass is 16.5. The number of Topliss-reactive ketones (excluding diaryl/α,β-unsaturated/α-hetero) is 1. The molecule has 9 N–H and O–H groups in total. The number of aliphatic hydroxyl groups excluding tert-OH is 1. The van der Waals surface area contributed by atoms with Gasteiger partial charge in [0, 0.05) is 24.0 Å². The van der Waals surface area contributed by atoms with Crippen LogP contribution in [0.5, 0.6) is 46.0 Å². The Labute approximate surface area is 342 Å². The summed E-state index contributed by atoms with van der Waals surface area (Å²) in [6.07, 6.45) is 2.20. The molecular formula is C48H51NO10. The topological polar surface area (TPSA) is 203 Å². The maximum atomic E-state index is 14.5. The fourth-order valence-electron chi connectivity index (χ4n) is 10.6. The van der Waals surface area contributed by atoms with Gasteiger partial charge in [0.25, 0.3) is 0 Å². The number of ether oxygens (including phenoxy) is 2. The van der Waals surface area contributed by atoms with E-state index in [1.165, 1.54) is 18.2 Å². The third kappa shape index (κ3) is 8.09. The summed E-state index contributed by atoms with van der Waals surface area (Å²) in [7, 11) is 0. The molecule has 0 spiro atoms. The monoisotopic (exact) mass is 801 g/mol. The van der Waals surface area contributed by atoms with Gasteiger partial charge in [-0.25, -0.2) is 0 Å². The minimum absolute atomic E-state index is 0.00282. The van der Waals surface area contributed by atoms with E-state index < -0.39 is 17.9 Å². The third-order valence-corrected chi connectivity index (χ3v) is 13.1. The Morgan fingerprint density at radius 3 is 2.24 bits per heavy atom. The Kier molecular flexibility index (Phi) is 11.3. The molecule has 2 saturated carbocycles. The first-order valence-electron chi connectivity index (χ1n) is 20.4. The van der Waals surface area contributed by atoms with E-state index in [1.54, 1.807) is 48.5 Å². The van der Waals surface area contributed by atoms with Crippen molar-refractivity contribution >= 4 is 5.78 Å². The maximum absolute atomic E-state index is 14.5. The number of ketones is 1. The summed E-state index contributed by atoms with van der Waals surface area (Å²) < 4.78 is 11.8. The molecule has 0 amide bonds. The highest BCUT2D eigenvalue weighted by molar-refractivity contribution is 5.82. The molecule has 0 unspecified atom stereocenters. The van der Waals surface area contributed by atoms with E-state index in [2.05, 4.69) is 12.1 Å². The van der Waals surface area contributed by atoms with E-state index >= 15 is 0 Å². The SMILES string of the molecule is NCOc1cc(CCC(=O)[C@@H]2C[C@@H](Cc3ccc(O)cc3O)[C@@H]3C[C@@H]4C[C@@H](Cc5ccccc5)[C@H](c5cc(O)c(O)c(OCc6cccc(O)c6)c54)[C@@H]3[C@H]2O)ccc1O. The number of phenolic OH excluding ortho intramolecular Hbond substituents is 6. The van der Waals surface area contributed by atoms with Crippen LogP contribution < -0.4 is 15.2 Å². The molecule has 0 radical (unpaired) electrons. The Morgan fingerprint density at radius 2 is 1.47 bits per heavy atom. The molecule has 2 fully saturated rings. The van der Waals surface area contributed by atoms with Crippen LogP contribution in [0, 0.1) is 29.6 Å². The summed E-state index contributed by atoms with van der Waals surface area (Å²) in [6.45, 7) is -0.0951. The Hall–Kier alpha value is -5.91. The normalized spacial score (nSPS) is 24.4. The van der Waals surface area contributed by atoms with Gasteiger partial charge in [0.1, 0.15) is 36.4 Å². The molecule has 11 heteroatoms. The highest BCUT2D eigenvalue weighted by Gasteiger charge is 2.56. The van der Waals surface area contributed by atoms with Gasteiger partial charge in [0.15, 0.2) is 23.0 Å². The Morgan fingerprint density at radius 1 is 0.695 bits per heavy atom. The van der Waals surface area contributed by atoms with Crippen LogP contribution in [0.2, 0.25) is 0 Å². The van der Waals surface area contributed by atoms with Gasteiger partial charge in [0.05, 0.1) is 6.10 Å². The number of benzene rings is 5. The predicted molar refractivity (Wildman–Crippen MR) is 220 cm³/mol.